The number of fused-ring (bicyclic) bond motifs is 3. The fourth-order valence-corrected chi connectivity index (χ4v) is 3.73. The molecule has 8 heteroatoms. The van der Waals surface area contributed by atoms with Crippen LogP contribution in [0.2, 0.25) is 10.0 Å². The number of aromatic nitrogens is 1. The average Bonchev–Trinajstić information content (AvgIpc) is 2.88. The fraction of sp³-hybridized carbons (Fsp3) is 0.368. The molecule has 148 valence electrons. The van der Waals surface area contributed by atoms with Gasteiger partial charge >= 0.3 is 0 Å². The van der Waals surface area contributed by atoms with Crippen molar-refractivity contribution in [3.05, 3.63) is 46.4 Å². The van der Waals surface area contributed by atoms with Crippen molar-refractivity contribution in [2.45, 2.75) is 12.6 Å². The zero-order valence-corrected chi connectivity index (χ0v) is 17.0. The first-order chi connectivity index (χ1) is 12.5. The van der Waals surface area contributed by atoms with E-state index in [2.05, 4.69) is 4.57 Å². The molecule has 0 radical (unpaired) electrons. The Balaban J connectivity index is 0.00000261. The first kappa shape index (κ1) is 22.2. The van der Waals surface area contributed by atoms with Gasteiger partial charge in [-0.3, -0.25) is 4.90 Å². The lowest BCUT2D eigenvalue weighted by molar-refractivity contribution is 0.0787. The summed E-state index contributed by atoms with van der Waals surface area (Å²) < 4.78 is 2.05. The molecule has 0 saturated heterocycles. The van der Waals surface area contributed by atoms with Crippen LogP contribution < -0.4 is 0 Å². The van der Waals surface area contributed by atoms with Gasteiger partial charge in [-0.2, -0.15) is 0 Å². The van der Waals surface area contributed by atoms with Crippen LogP contribution in [-0.4, -0.2) is 63.7 Å². The molecule has 2 aromatic carbocycles. The predicted octanol–water partition coefficient (Wildman–Crippen LogP) is 3.17. The maximum absolute atomic E-state index is 10.6. The smallest absolute Gasteiger partial charge is 0.0846 e. The highest BCUT2D eigenvalue weighted by molar-refractivity contribution is 6.33. The van der Waals surface area contributed by atoms with E-state index in [-0.39, 0.29) is 25.6 Å². The van der Waals surface area contributed by atoms with E-state index in [0.29, 0.717) is 36.2 Å². The van der Waals surface area contributed by atoms with Crippen molar-refractivity contribution in [3.8, 4) is 0 Å². The van der Waals surface area contributed by atoms with Crippen LogP contribution in [0.4, 0.5) is 0 Å². The highest BCUT2D eigenvalue weighted by Gasteiger charge is 2.16. The Morgan fingerprint density at radius 2 is 1.37 bits per heavy atom. The first-order valence-electron chi connectivity index (χ1n) is 8.52. The lowest BCUT2D eigenvalue weighted by Crippen LogP contribution is -2.38. The molecule has 0 fully saturated rings. The molecule has 3 rings (SSSR count). The van der Waals surface area contributed by atoms with Gasteiger partial charge in [0.15, 0.2) is 0 Å². The third-order valence-electron chi connectivity index (χ3n) is 4.48. The van der Waals surface area contributed by atoms with E-state index in [4.69, 9.17) is 33.4 Å². The quantitative estimate of drug-likeness (QED) is 0.510. The number of hydrogen-bond acceptors (Lipinski definition) is 4. The zero-order chi connectivity index (χ0) is 18.7. The fourth-order valence-electron chi connectivity index (χ4n) is 3.39. The Labute approximate surface area is 174 Å². The number of hydrogen-bond donors (Lipinski definition) is 3. The van der Waals surface area contributed by atoms with Crippen LogP contribution in [0.1, 0.15) is 0 Å². The van der Waals surface area contributed by atoms with Crippen LogP contribution in [-0.2, 0) is 6.54 Å². The van der Waals surface area contributed by atoms with Crippen molar-refractivity contribution < 1.29 is 15.3 Å². The summed E-state index contributed by atoms with van der Waals surface area (Å²) in [6.45, 7) is 1.55. The Kier molecular flexibility index (Phi) is 8.19. The van der Waals surface area contributed by atoms with Crippen molar-refractivity contribution in [2.24, 2.45) is 0 Å². The SMILES string of the molecule is Cl.OCCN(CCO)CC(O)Cn1c2ccc(Cl)cc2c2cc(Cl)ccc21. The summed E-state index contributed by atoms with van der Waals surface area (Å²) >= 11 is 12.3. The van der Waals surface area contributed by atoms with Crippen molar-refractivity contribution in [3.63, 3.8) is 0 Å². The molecule has 1 atom stereocenters. The maximum Gasteiger partial charge on any atom is 0.0846 e. The van der Waals surface area contributed by atoms with Crippen LogP contribution >= 0.6 is 35.6 Å². The Morgan fingerprint density at radius 1 is 0.889 bits per heavy atom. The third kappa shape index (κ3) is 5.06. The molecule has 0 aliphatic rings. The topological polar surface area (TPSA) is 68.9 Å². The summed E-state index contributed by atoms with van der Waals surface area (Å²) in [6.07, 6.45) is -0.654. The van der Waals surface area contributed by atoms with E-state index < -0.39 is 6.10 Å². The van der Waals surface area contributed by atoms with Gasteiger partial charge in [0.25, 0.3) is 0 Å². The van der Waals surface area contributed by atoms with Gasteiger partial charge in [0, 0.05) is 51.5 Å². The lowest BCUT2D eigenvalue weighted by Gasteiger charge is -2.24. The minimum Gasteiger partial charge on any atom is -0.395 e. The maximum atomic E-state index is 10.6. The molecule has 1 unspecified atom stereocenters. The first-order valence-corrected chi connectivity index (χ1v) is 9.28. The van der Waals surface area contributed by atoms with E-state index >= 15 is 0 Å². The van der Waals surface area contributed by atoms with Crippen LogP contribution in [0.15, 0.2) is 36.4 Å². The summed E-state index contributed by atoms with van der Waals surface area (Å²) in [4.78, 5) is 1.84. The van der Waals surface area contributed by atoms with Crippen molar-refractivity contribution in [2.75, 3.05) is 32.8 Å². The highest BCUT2D eigenvalue weighted by atomic mass is 35.5. The largest absolute Gasteiger partial charge is 0.395 e. The van der Waals surface area contributed by atoms with Gasteiger partial charge < -0.3 is 19.9 Å². The highest BCUT2D eigenvalue weighted by Crippen LogP contribution is 2.33. The van der Waals surface area contributed by atoms with Gasteiger partial charge in [0.1, 0.15) is 0 Å². The minimum absolute atomic E-state index is 0. The summed E-state index contributed by atoms with van der Waals surface area (Å²) in [5.74, 6) is 0. The molecule has 5 nitrogen and oxygen atoms in total. The molecule has 3 N–H and O–H groups in total. The molecule has 0 aliphatic carbocycles. The molecule has 0 spiro atoms. The van der Waals surface area contributed by atoms with Crippen LogP contribution in [0.3, 0.4) is 0 Å². The number of aliphatic hydroxyl groups excluding tert-OH is 3. The molecule has 27 heavy (non-hydrogen) atoms. The molecular weight excluding hydrogens is 411 g/mol. The number of aliphatic hydroxyl groups is 3. The Morgan fingerprint density at radius 3 is 1.81 bits per heavy atom. The average molecular weight is 434 g/mol. The van der Waals surface area contributed by atoms with Gasteiger partial charge in [0.2, 0.25) is 0 Å². The van der Waals surface area contributed by atoms with E-state index in [0.717, 1.165) is 21.8 Å². The molecule has 0 saturated carbocycles. The normalized spacial score (nSPS) is 12.7. The van der Waals surface area contributed by atoms with Gasteiger partial charge in [-0.15, -0.1) is 12.4 Å². The zero-order valence-electron chi connectivity index (χ0n) is 14.7. The number of benzene rings is 2. The van der Waals surface area contributed by atoms with Crippen molar-refractivity contribution in [1.29, 1.82) is 0 Å². The Hall–Kier alpha value is -1.05. The monoisotopic (exact) mass is 432 g/mol. The molecule has 0 bridgehead atoms. The molecule has 1 heterocycles. The summed E-state index contributed by atoms with van der Waals surface area (Å²) in [5, 5.41) is 32.1. The summed E-state index contributed by atoms with van der Waals surface area (Å²) in [6, 6.07) is 11.4. The second-order valence-electron chi connectivity index (χ2n) is 6.34. The van der Waals surface area contributed by atoms with Gasteiger partial charge in [-0.05, 0) is 36.4 Å². The Bertz CT molecular complexity index is 835. The number of rotatable bonds is 8. The van der Waals surface area contributed by atoms with Crippen molar-refractivity contribution >= 4 is 57.4 Å². The van der Waals surface area contributed by atoms with Crippen LogP contribution in [0, 0.1) is 0 Å². The van der Waals surface area contributed by atoms with E-state index in [9.17, 15) is 5.11 Å². The van der Waals surface area contributed by atoms with Gasteiger partial charge in [0.05, 0.1) is 25.9 Å². The number of halogens is 3. The van der Waals surface area contributed by atoms with E-state index in [1.54, 1.807) is 0 Å². The molecule has 0 amide bonds. The second-order valence-corrected chi connectivity index (χ2v) is 7.21. The third-order valence-corrected chi connectivity index (χ3v) is 4.95. The van der Waals surface area contributed by atoms with Crippen molar-refractivity contribution in [1.82, 2.24) is 9.47 Å². The summed E-state index contributed by atoms with van der Waals surface area (Å²) in [7, 11) is 0. The standard InChI is InChI=1S/C19H22Cl2N2O3.ClH/c20-13-1-3-18-16(9-13)17-10-14(21)2-4-19(17)23(18)12-15(26)11-22(5-7-24)6-8-25;/h1-4,9-10,15,24-26H,5-8,11-12H2;1H. The molecule has 3 aromatic rings. The summed E-state index contributed by atoms with van der Waals surface area (Å²) in [5.41, 5.74) is 1.95. The number of nitrogens with zero attached hydrogens (tertiary/aromatic N) is 2. The predicted molar refractivity (Wildman–Crippen MR) is 113 cm³/mol. The van der Waals surface area contributed by atoms with E-state index in [1.165, 1.54) is 0 Å². The van der Waals surface area contributed by atoms with Crippen LogP contribution in [0.25, 0.3) is 21.8 Å². The second kappa shape index (κ2) is 9.94. The van der Waals surface area contributed by atoms with Gasteiger partial charge in [-0.1, -0.05) is 23.2 Å². The van der Waals surface area contributed by atoms with E-state index in [1.807, 2.05) is 41.3 Å². The lowest BCUT2D eigenvalue weighted by atomic mass is 10.1. The minimum atomic E-state index is -0.654. The van der Waals surface area contributed by atoms with Crippen LogP contribution in [0.5, 0.6) is 0 Å². The molecular formula is C19H23Cl3N2O3. The van der Waals surface area contributed by atoms with Gasteiger partial charge in [-0.25, -0.2) is 0 Å². The molecule has 1 aromatic heterocycles. The molecule has 0 aliphatic heterocycles.